The molecule has 1 saturated heterocycles. The van der Waals surface area contributed by atoms with Crippen molar-refractivity contribution in [3.05, 3.63) is 35.9 Å². The van der Waals surface area contributed by atoms with E-state index in [-0.39, 0.29) is 32.9 Å². The van der Waals surface area contributed by atoms with Gasteiger partial charge in [-0.05, 0) is 114 Å². The number of nitrogens with zero attached hydrogens (tertiary/aromatic N) is 1. The van der Waals surface area contributed by atoms with Crippen molar-refractivity contribution in [1.29, 1.82) is 0 Å². The second-order valence-electron chi connectivity index (χ2n) is 14.7. The van der Waals surface area contributed by atoms with Crippen LogP contribution in [0.15, 0.2) is 18.2 Å². The second kappa shape index (κ2) is 17.0. The van der Waals surface area contributed by atoms with Crippen LogP contribution >= 0.6 is 7.92 Å². The largest absolute Gasteiger partial charge is 1.00 e. The molecule has 0 spiro atoms. The van der Waals surface area contributed by atoms with Crippen LogP contribution in [-0.2, 0) is 32.3 Å². The molecule has 1 radical (unpaired) electrons. The first-order valence-electron chi connectivity index (χ1n) is 18.0. The fourth-order valence-electron chi connectivity index (χ4n) is 9.15. The first-order valence-corrected chi connectivity index (χ1v) is 19.7. The summed E-state index contributed by atoms with van der Waals surface area (Å²) in [6.07, 6.45) is 29.7. The summed E-state index contributed by atoms with van der Waals surface area (Å²) < 4.78 is 0. The Bertz CT molecular complexity index is 819. The molecule has 41 heavy (non-hydrogen) atoms. The fourth-order valence-corrected chi connectivity index (χ4v) is 14.4. The number of hydrogen-bond donors (Lipinski definition) is 0. The van der Waals surface area contributed by atoms with Gasteiger partial charge in [0, 0.05) is 19.1 Å². The molecule has 4 fully saturated rings. The molecule has 2 unspecified atom stereocenters. The van der Waals surface area contributed by atoms with Crippen molar-refractivity contribution in [3.8, 4) is 0 Å². The van der Waals surface area contributed by atoms with Crippen molar-refractivity contribution in [2.24, 2.45) is 5.41 Å². The fraction of sp³-hybridized carbons (Fsp3) is 0.816. The molecule has 0 amide bonds. The molecule has 4 aliphatic rings. The van der Waals surface area contributed by atoms with Gasteiger partial charge in [-0.1, -0.05) is 84.9 Å². The normalized spacial score (nSPS) is 28.3. The van der Waals surface area contributed by atoms with E-state index in [1.165, 1.54) is 53.1 Å². The Morgan fingerprint density at radius 3 is 1.44 bits per heavy atom. The summed E-state index contributed by atoms with van der Waals surface area (Å²) in [5.74, 6) is 0. The number of hydrogen-bond acceptors (Lipinski definition) is 1. The minimum atomic E-state index is -0.0465. The van der Waals surface area contributed by atoms with Crippen LogP contribution in [0.5, 0.6) is 0 Å². The van der Waals surface area contributed by atoms with E-state index in [4.69, 9.17) is 0 Å². The van der Waals surface area contributed by atoms with Gasteiger partial charge in [-0.3, -0.25) is 0 Å². The van der Waals surface area contributed by atoms with Crippen LogP contribution in [-0.4, -0.2) is 22.5 Å². The van der Waals surface area contributed by atoms with Gasteiger partial charge in [0.05, 0.1) is 17.0 Å². The zero-order valence-electron chi connectivity index (χ0n) is 28.0. The Hall–Kier alpha value is 0.0734. The van der Waals surface area contributed by atoms with Crippen molar-refractivity contribution < 1.29 is 19.5 Å². The molecule has 0 aromatic heterocycles. The van der Waals surface area contributed by atoms with Crippen LogP contribution < -0.4 is 4.90 Å². The van der Waals surface area contributed by atoms with E-state index in [1.807, 2.05) is 0 Å². The summed E-state index contributed by atoms with van der Waals surface area (Å²) in [7, 11) is -0.0465. The second-order valence-corrected chi connectivity index (χ2v) is 18.1. The molecule has 3 saturated carbocycles. The van der Waals surface area contributed by atoms with Crippen molar-refractivity contribution in [1.82, 2.24) is 0 Å². The molecule has 3 heteroatoms. The van der Waals surface area contributed by atoms with Crippen molar-refractivity contribution >= 4 is 13.6 Å². The number of aryl methyl sites for hydroxylation is 2. The number of anilines is 1. The maximum absolute atomic E-state index is 2.63. The third kappa shape index (κ3) is 8.84. The van der Waals surface area contributed by atoms with Crippen LogP contribution in [0.3, 0.4) is 0 Å². The zero-order valence-corrected chi connectivity index (χ0v) is 30.7. The van der Waals surface area contributed by atoms with Gasteiger partial charge in [0.25, 0.3) is 0 Å². The molecule has 1 aromatic rings. The van der Waals surface area contributed by atoms with Gasteiger partial charge >= 0.3 is 19.5 Å². The molecular weight excluding hydrogens is 602 g/mol. The van der Waals surface area contributed by atoms with Crippen LogP contribution in [0.1, 0.15) is 168 Å². The average Bonchev–Trinajstić information content (AvgIpc) is 3.29. The summed E-state index contributed by atoms with van der Waals surface area (Å²) in [5.41, 5.74) is 8.73. The summed E-state index contributed by atoms with van der Waals surface area (Å²) in [4.78, 5) is 2.63. The minimum absolute atomic E-state index is 0. The molecule has 3 aliphatic carbocycles. The van der Waals surface area contributed by atoms with Crippen molar-refractivity contribution in [2.45, 2.75) is 192 Å². The van der Waals surface area contributed by atoms with E-state index in [0.717, 1.165) is 12.8 Å². The third-order valence-corrected chi connectivity index (χ3v) is 16.4. The first-order chi connectivity index (χ1) is 19.4. The summed E-state index contributed by atoms with van der Waals surface area (Å²) >= 11 is 0. The Morgan fingerprint density at radius 2 is 1.10 bits per heavy atom. The molecular formula is C38H66NPRu+. The van der Waals surface area contributed by atoms with Crippen LogP contribution in [0, 0.1) is 12.0 Å². The number of benzene rings is 1. The van der Waals surface area contributed by atoms with Gasteiger partial charge in [-0.2, -0.15) is 0 Å². The van der Waals surface area contributed by atoms with Gasteiger partial charge < -0.3 is 4.90 Å². The monoisotopic (exact) mass is 669 g/mol. The number of rotatable bonds is 8. The van der Waals surface area contributed by atoms with E-state index < -0.39 is 0 Å². The van der Waals surface area contributed by atoms with Gasteiger partial charge in [0.2, 0.25) is 0 Å². The molecule has 5 rings (SSSR count). The zero-order chi connectivity index (χ0) is 28.6. The molecule has 0 bridgehead atoms. The quantitative estimate of drug-likeness (QED) is 0.151. The predicted molar refractivity (Wildman–Crippen MR) is 183 cm³/mol. The van der Waals surface area contributed by atoms with Gasteiger partial charge in [-0.25, -0.2) is 6.54 Å². The Kier molecular flexibility index (Phi) is 14.7. The standard InChI is InChI=1S/C20H32N.C18H33P.Ru/c1-7-16-12-11-13-17(8-2)18(16)21-15-19(5,9-3)14-20(21,6)10-4;1-4-10-16(11-5-1)19(17-12-6-2-7-13-17)18-14-8-3-9-15-18;/h11-13,15H,7-10,14H2,1-6H3;16-18H,1-15H2;/q-1;;+1/p+1. The van der Waals surface area contributed by atoms with Crippen LogP contribution in [0.2, 0.25) is 0 Å². The average molecular weight is 669 g/mol. The third-order valence-electron chi connectivity index (χ3n) is 11.8. The topological polar surface area (TPSA) is 3.24 Å². The summed E-state index contributed by atoms with van der Waals surface area (Å²) in [6.45, 7) is 16.6. The first kappa shape index (κ1) is 35.6. The molecule has 2 atom stereocenters. The van der Waals surface area contributed by atoms with Crippen molar-refractivity contribution in [2.75, 3.05) is 4.90 Å². The minimum Gasteiger partial charge on any atom is -0.517 e. The Labute approximate surface area is 270 Å². The van der Waals surface area contributed by atoms with E-state index in [2.05, 4.69) is 71.2 Å². The smallest absolute Gasteiger partial charge is 0.517 e. The van der Waals surface area contributed by atoms with E-state index in [0.29, 0.717) is 5.41 Å². The summed E-state index contributed by atoms with van der Waals surface area (Å²) in [6, 6.07) is 6.83. The van der Waals surface area contributed by atoms with Crippen LogP contribution in [0.25, 0.3) is 0 Å². The molecule has 1 heterocycles. The van der Waals surface area contributed by atoms with E-state index in [1.54, 1.807) is 96.3 Å². The van der Waals surface area contributed by atoms with Crippen molar-refractivity contribution in [3.63, 3.8) is 0 Å². The molecule has 235 valence electrons. The molecule has 1 nitrogen and oxygen atoms in total. The maximum atomic E-state index is 2.63. The molecule has 0 N–H and O–H groups in total. The maximum Gasteiger partial charge on any atom is 1.00 e. The molecule has 1 aliphatic heterocycles. The number of para-hydroxylation sites is 1. The Balaban J connectivity index is 0.000000221. The van der Waals surface area contributed by atoms with E-state index in [9.17, 15) is 0 Å². The SMILES string of the molecule is C1CCC([PH+](C2CCCCC2)C2CCCCC2)CC1.CCc1cccc(CC)c1N1[CH-]C(C)(CC)CC1(C)CC.[Ru+]. The summed E-state index contributed by atoms with van der Waals surface area (Å²) in [5, 5.41) is 0. The van der Waals surface area contributed by atoms with E-state index >= 15 is 0 Å². The predicted octanol–water partition coefficient (Wildman–Crippen LogP) is 12.0. The van der Waals surface area contributed by atoms with Crippen LogP contribution in [0.4, 0.5) is 5.69 Å². The van der Waals surface area contributed by atoms with Gasteiger partial charge in [-0.15, -0.1) is 5.41 Å². The van der Waals surface area contributed by atoms with Gasteiger partial charge in [0.15, 0.2) is 0 Å². The molecule has 1 aromatic carbocycles. The Morgan fingerprint density at radius 1 is 0.683 bits per heavy atom. The van der Waals surface area contributed by atoms with Gasteiger partial charge in [0.1, 0.15) is 0 Å².